The molecule has 2 fully saturated rings. The highest BCUT2D eigenvalue weighted by molar-refractivity contribution is 6.65. The molecule has 3 aromatic rings. The molecule has 2 nitrogen and oxygen atoms in total. The van der Waals surface area contributed by atoms with Crippen LogP contribution in [-0.4, -0.2) is 18.3 Å². The number of hydrogen-bond acceptors (Lipinski definition) is 2. The van der Waals surface area contributed by atoms with E-state index < -0.39 is 0 Å². The van der Waals surface area contributed by atoms with Crippen LogP contribution in [-0.2, 0) is 14.7 Å². The monoisotopic (exact) mass is 368 g/mol. The molecule has 3 aliphatic rings. The summed E-state index contributed by atoms with van der Waals surface area (Å²) < 4.78 is 12.8. The van der Waals surface area contributed by atoms with Crippen molar-refractivity contribution in [3.63, 3.8) is 0 Å². The van der Waals surface area contributed by atoms with Crippen molar-refractivity contribution in [2.75, 3.05) is 0 Å². The first-order chi connectivity index (χ1) is 13.3. The van der Waals surface area contributed by atoms with Gasteiger partial charge in [0.25, 0.3) is 0 Å². The summed E-state index contributed by atoms with van der Waals surface area (Å²) in [6, 6.07) is 20.2. The van der Waals surface area contributed by atoms with Crippen LogP contribution < -0.4 is 5.46 Å². The maximum atomic E-state index is 6.40. The van der Waals surface area contributed by atoms with Crippen LogP contribution >= 0.6 is 0 Å². The molecule has 0 bridgehead atoms. The first kappa shape index (κ1) is 16.8. The molecule has 0 aromatic heterocycles. The Morgan fingerprint density at radius 3 is 2.11 bits per heavy atom. The molecule has 140 valence electrons. The Morgan fingerprint density at radius 2 is 1.39 bits per heavy atom. The van der Waals surface area contributed by atoms with Crippen LogP contribution in [0.15, 0.2) is 54.6 Å². The van der Waals surface area contributed by atoms with Gasteiger partial charge in [0.05, 0.1) is 11.2 Å². The van der Waals surface area contributed by atoms with E-state index in [1.165, 1.54) is 45.9 Å². The standard InChI is InChI=1S/C25H25BO2/c1-23(2)24(3,4)28-26(27-23)21-13-12-17-16-8-5-6-10-19(16)25(14-15-25)20-11-7-9-18(21)22(17)20/h5-13H,14-15H2,1-4H3. The van der Waals surface area contributed by atoms with Gasteiger partial charge in [0.15, 0.2) is 0 Å². The molecule has 0 amide bonds. The van der Waals surface area contributed by atoms with Crippen molar-refractivity contribution in [3.8, 4) is 11.1 Å². The van der Waals surface area contributed by atoms with Gasteiger partial charge in [-0.2, -0.15) is 0 Å². The predicted molar refractivity (Wildman–Crippen MR) is 115 cm³/mol. The number of rotatable bonds is 1. The summed E-state index contributed by atoms with van der Waals surface area (Å²) in [5.74, 6) is 0. The second-order valence-electron chi connectivity index (χ2n) is 9.65. The topological polar surface area (TPSA) is 18.5 Å². The van der Waals surface area contributed by atoms with Crippen LogP contribution in [0.3, 0.4) is 0 Å². The Hall–Kier alpha value is -2.10. The van der Waals surface area contributed by atoms with Crippen molar-refractivity contribution < 1.29 is 9.31 Å². The summed E-state index contributed by atoms with van der Waals surface area (Å²) in [4.78, 5) is 0. The number of fused-ring (bicyclic) bond motifs is 4. The molecule has 0 unspecified atom stereocenters. The summed E-state index contributed by atoms with van der Waals surface area (Å²) >= 11 is 0. The summed E-state index contributed by atoms with van der Waals surface area (Å²) in [5.41, 5.74) is 6.41. The smallest absolute Gasteiger partial charge is 0.399 e. The molecular weight excluding hydrogens is 343 g/mol. The van der Waals surface area contributed by atoms with Crippen molar-refractivity contribution in [3.05, 3.63) is 65.7 Å². The largest absolute Gasteiger partial charge is 0.495 e. The molecule has 1 heterocycles. The summed E-state index contributed by atoms with van der Waals surface area (Å²) in [7, 11) is -0.332. The van der Waals surface area contributed by atoms with Gasteiger partial charge in [-0.25, -0.2) is 0 Å². The van der Waals surface area contributed by atoms with Crippen LogP contribution in [0.2, 0.25) is 0 Å². The van der Waals surface area contributed by atoms with E-state index in [-0.39, 0.29) is 23.7 Å². The molecule has 1 spiro atoms. The molecule has 3 aromatic carbocycles. The minimum Gasteiger partial charge on any atom is -0.399 e. The fourth-order valence-corrected chi connectivity index (χ4v) is 5.17. The summed E-state index contributed by atoms with van der Waals surface area (Å²) in [5, 5.41) is 2.67. The maximum Gasteiger partial charge on any atom is 0.495 e. The van der Waals surface area contributed by atoms with Crippen LogP contribution in [0, 0.1) is 0 Å². The first-order valence-electron chi connectivity index (χ1n) is 10.4. The second-order valence-corrected chi connectivity index (χ2v) is 9.65. The number of benzene rings is 3. The van der Waals surface area contributed by atoms with E-state index in [0.29, 0.717) is 0 Å². The van der Waals surface area contributed by atoms with Crippen molar-refractivity contribution in [2.24, 2.45) is 0 Å². The molecule has 2 aliphatic carbocycles. The van der Waals surface area contributed by atoms with Crippen molar-refractivity contribution in [1.82, 2.24) is 0 Å². The molecule has 0 atom stereocenters. The third kappa shape index (κ3) is 1.96. The highest BCUT2D eigenvalue weighted by Crippen LogP contribution is 2.61. The third-order valence-electron chi connectivity index (χ3n) is 7.58. The Bertz CT molecular complexity index is 1120. The minimum atomic E-state index is -0.332. The molecule has 1 saturated heterocycles. The Balaban J connectivity index is 1.62. The highest BCUT2D eigenvalue weighted by Gasteiger charge is 2.53. The lowest BCUT2D eigenvalue weighted by Crippen LogP contribution is -2.41. The first-order valence-corrected chi connectivity index (χ1v) is 10.4. The zero-order valence-corrected chi connectivity index (χ0v) is 17.0. The molecule has 1 aliphatic heterocycles. The molecule has 3 heteroatoms. The molecule has 1 saturated carbocycles. The van der Waals surface area contributed by atoms with Crippen LogP contribution in [0.1, 0.15) is 51.7 Å². The van der Waals surface area contributed by atoms with Gasteiger partial charge in [-0.1, -0.05) is 54.6 Å². The van der Waals surface area contributed by atoms with Crippen LogP contribution in [0.5, 0.6) is 0 Å². The Labute approximate surface area is 167 Å². The lowest BCUT2D eigenvalue weighted by atomic mass is 9.69. The van der Waals surface area contributed by atoms with E-state index in [2.05, 4.69) is 82.3 Å². The lowest BCUT2D eigenvalue weighted by molar-refractivity contribution is 0.00578. The van der Waals surface area contributed by atoms with Gasteiger partial charge in [-0.15, -0.1) is 0 Å². The average Bonchev–Trinajstić information content (AvgIpc) is 3.42. The minimum absolute atomic E-state index is 0.206. The lowest BCUT2D eigenvalue weighted by Gasteiger charge is -2.32. The quantitative estimate of drug-likeness (QED) is 0.550. The van der Waals surface area contributed by atoms with Gasteiger partial charge in [0, 0.05) is 5.41 Å². The Morgan fingerprint density at radius 1 is 0.714 bits per heavy atom. The van der Waals surface area contributed by atoms with Gasteiger partial charge < -0.3 is 9.31 Å². The van der Waals surface area contributed by atoms with E-state index in [1.54, 1.807) is 0 Å². The summed E-state index contributed by atoms with van der Waals surface area (Å²) in [6.07, 6.45) is 2.48. The van der Waals surface area contributed by atoms with E-state index in [4.69, 9.17) is 9.31 Å². The zero-order valence-electron chi connectivity index (χ0n) is 17.0. The van der Waals surface area contributed by atoms with Crippen LogP contribution in [0.25, 0.3) is 21.9 Å². The van der Waals surface area contributed by atoms with Gasteiger partial charge in [-0.05, 0) is 79.0 Å². The van der Waals surface area contributed by atoms with Gasteiger partial charge in [-0.3, -0.25) is 0 Å². The van der Waals surface area contributed by atoms with Crippen molar-refractivity contribution >= 4 is 23.4 Å². The summed E-state index contributed by atoms with van der Waals surface area (Å²) in [6.45, 7) is 8.47. The normalized spacial score (nSPS) is 22.5. The van der Waals surface area contributed by atoms with Gasteiger partial charge in [0.2, 0.25) is 0 Å². The average molecular weight is 368 g/mol. The van der Waals surface area contributed by atoms with Crippen LogP contribution in [0.4, 0.5) is 0 Å². The molecule has 0 radical (unpaired) electrons. The second kappa shape index (κ2) is 5.08. The fourth-order valence-electron chi connectivity index (χ4n) is 5.17. The fraction of sp³-hybridized carbons (Fsp3) is 0.360. The molecule has 0 N–H and O–H groups in total. The van der Waals surface area contributed by atoms with Crippen molar-refractivity contribution in [2.45, 2.75) is 57.2 Å². The van der Waals surface area contributed by atoms with E-state index in [1.807, 2.05) is 0 Å². The predicted octanol–water partition coefficient (Wildman–Crippen LogP) is 5.20. The maximum absolute atomic E-state index is 6.40. The highest BCUT2D eigenvalue weighted by atomic mass is 16.7. The molecular formula is C25H25BO2. The zero-order chi connectivity index (χ0) is 19.3. The van der Waals surface area contributed by atoms with E-state index in [9.17, 15) is 0 Å². The van der Waals surface area contributed by atoms with E-state index >= 15 is 0 Å². The van der Waals surface area contributed by atoms with Gasteiger partial charge >= 0.3 is 7.12 Å². The SMILES string of the molecule is CC1(C)OB(c2ccc3c4c(cccc24)C2(CC2)c2ccccc2-3)OC1(C)C. The molecule has 6 rings (SSSR count). The third-order valence-corrected chi connectivity index (χ3v) is 7.58. The molecule has 28 heavy (non-hydrogen) atoms. The number of hydrogen-bond donors (Lipinski definition) is 0. The van der Waals surface area contributed by atoms with Crippen molar-refractivity contribution in [1.29, 1.82) is 0 Å². The Kier molecular flexibility index (Phi) is 3.05. The van der Waals surface area contributed by atoms with E-state index in [0.717, 1.165) is 5.46 Å². The van der Waals surface area contributed by atoms with Gasteiger partial charge in [0.1, 0.15) is 0 Å².